The van der Waals surface area contributed by atoms with Gasteiger partial charge in [-0.25, -0.2) is 4.90 Å². The van der Waals surface area contributed by atoms with E-state index < -0.39 is 11.2 Å². The summed E-state index contributed by atoms with van der Waals surface area (Å²) in [6.45, 7) is 0. The summed E-state index contributed by atoms with van der Waals surface area (Å²) >= 11 is 1.32. The number of carbonyl (C=O) groups excluding carboxylic acids is 3. The Kier molecular flexibility index (Phi) is 4.26. The summed E-state index contributed by atoms with van der Waals surface area (Å²) in [6.07, 6.45) is 0.121. The van der Waals surface area contributed by atoms with E-state index >= 15 is 0 Å². The minimum atomic E-state index is -0.560. The van der Waals surface area contributed by atoms with Gasteiger partial charge in [0, 0.05) is 22.6 Å². The van der Waals surface area contributed by atoms with E-state index in [-0.39, 0.29) is 18.2 Å². The largest absolute Gasteiger partial charge is 0.399 e. The molecule has 0 saturated carbocycles. The van der Waals surface area contributed by atoms with Crippen molar-refractivity contribution in [1.82, 2.24) is 0 Å². The Labute approximate surface area is 142 Å². The van der Waals surface area contributed by atoms with Crippen molar-refractivity contribution >= 4 is 40.9 Å². The highest BCUT2D eigenvalue weighted by Gasteiger charge is 2.40. The fourth-order valence-corrected chi connectivity index (χ4v) is 3.62. The zero-order chi connectivity index (χ0) is 17.3. The molecular weight excluding hydrogens is 326 g/mol. The molecule has 0 spiro atoms. The van der Waals surface area contributed by atoms with E-state index in [4.69, 9.17) is 11.5 Å². The highest BCUT2D eigenvalue weighted by molar-refractivity contribution is 8.00. The molecule has 0 aromatic heterocycles. The molecule has 1 fully saturated rings. The lowest BCUT2D eigenvalue weighted by atomic mass is 10.2. The lowest BCUT2D eigenvalue weighted by Gasteiger charge is -2.15. The van der Waals surface area contributed by atoms with Crippen molar-refractivity contribution in [2.75, 3.05) is 10.6 Å². The molecule has 1 atom stereocenters. The van der Waals surface area contributed by atoms with Gasteiger partial charge >= 0.3 is 0 Å². The number of hydrogen-bond acceptors (Lipinski definition) is 5. The summed E-state index contributed by atoms with van der Waals surface area (Å²) in [5.41, 5.74) is 12.3. The summed E-state index contributed by atoms with van der Waals surface area (Å²) in [5.74, 6) is -1.11. The van der Waals surface area contributed by atoms with Gasteiger partial charge in [0.25, 0.3) is 0 Å². The second kappa shape index (κ2) is 6.37. The van der Waals surface area contributed by atoms with Crippen LogP contribution in [0, 0.1) is 0 Å². The maximum absolute atomic E-state index is 12.6. The molecule has 3 rings (SSSR count). The van der Waals surface area contributed by atoms with Gasteiger partial charge in [-0.2, -0.15) is 0 Å². The summed E-state index contributed by atoms with van der Waals surface area (Å²) in [6, 6.07) is 13.3. The van der Waals surface area contributed by atoms with E-state index in [9.17, 15) is 14.4 Å². The lowest BCUT2D eigenvalue weighted by molar-refractivity contribution is -0.121. The maximum Gasteiger partial charge on any atom is 0.248 e. The van der Waals surface area contributed by atoms with Gasteiger partial charge in [-0.15, -0.1) is 11.8 Å². The van der Waals surface area contributed by atoms with Gasteiger partial charge in [-0.05, 0) is 42.5 Å². The number of rotatable bonds is 4. The van der Waals surface area contributed by atoms with Crippen LogP contribution in [-0.4, -0.2) is 23.0 Å². The molecule has 0 bridgehead atoms. The van der Waals surface area contributed by atoms with Crippen LogP contribution in [0.1, 0.15) is 16.8 Å². The van der Waals surface area contributed by atoms with Crippen molar-refractivity contribution in [2.24, 2.45) is 5.73 Å². The van der Waals surface area contributed by atoms with Gasteiger partial charge in [0.05, 0.1) is 10.9 Å². The molecular formula is C17H15N3O3S. The van der Waals surface area contributed by atoms with Crippen LogP contribution in [-0.2, 0) is 9.59 Å². The highest BCUT2D eigenvalue weighted by Crippen LogP contribution is 2.34. The van der Waals surface area contributed by atoms with Gasteiger partial charge in [0.15, 0.2) is 0 Å². The Bertz CT molecular complexity index is 820. The number of hydrogen-bond donors (Lipinski definition) is 2. The predicted molar refractivity (Wildman–Crippen MR) is 92.6 cm³/mol. The molecule has 24 heavy (non-hydrogen) atoms. The van der Waals surface area contributed by atoms with E-state index in [1.54, 1.807) is 30.3 Å². The van der Waals surface area contributed by atoms with Crippen molar-refractivity contribution in [1.29, 1.82) is 0 Å². The first kappa shape index (κ1) is 16.1. The molecule has 2 aromatic carbocycles. The van der Waals surface area contributed by atoms with Crippen LogP contribution in [0.3, 0.4) is 0 Å². The Morgan fingerprint density at radius 2 is 1.83 bits per heavy atom. The first-order valence-corrected chi connectivity index (χ1v) is 8.12. The van der Waals surface area contributed by atoms with Crippen LogP contribution in [0.4, 0.5) is 11.4 Å². The second-order valence-corrected chi connectivity index (χ2v) is 6.64. The molecule has 0 aliphatic carbocycles. The van der Waals surface area contributed by atoms with E-state index in [2.05, 4.69) is 0 Å². The van der Waals surface area contributed by atoms with Crippen LogP contribution in [0.5, 0.6) is 0 Å². The van der Waals surface area contributed by atoms with E-state index in [0.29, 0.717) is 16.9 Å². The number of primary amides is 1. The minimum absolute atomic E-state index is 0.121. The molecule has 1 heterocycles. The quantitative estimate of drug-likeness (QED) is 0.651. The summed E-state index contributed by atoms with van der Waals surface area (Å²) in [7, 11) is 0. The van der Waals surface area contributed by atoms with E-state index in [1.165, 1.54) is 23.9 Å². The number of nitrogen functional groups attached to an aromatic ring is 1. The number of carbonyl (C=O) groups is 3. The molecule has 7 heteroatoms. The van der Waals surface area contributed by atoms with Gasteiger partial charge in [-0.3, -0.25) is 14.4 Å². The number of thioether (sulfide) groups is 1. The number of nitrogens with zero attached hydrogens (tertiary/aromatic N) is 1. The predicted octanol–water partition coefficient (Wildman–Crippen LogP) is 1.79. The summed E-state index contributed by atoms with van der Waals surface area (Å²) in [5, 5.41) is -0.491. The number of benzene rings is 2. The Morgan fingerprint density at radius 3 is 2.46 bits per heavy atom. The Balaban J connectivity index is 1.80. The number of imide groups is 1. The molecule has 1 aliphatic rings. The van der Waals surface area contributed by atoms with Crippen molar-refractivity contribution in [2.45, 2.75) is 16.6 Å². The minimum Gasteiger partial charge on any atom is -0.399 e. The zero-order valence-corrected chi connectivity index (χ0v) is 13.5. The highest BCUT2D eigenvalue weighted by atomic mass is 32.2. The summed E-state index contributed by atoms with van der Waals surface area (Å²) < 4.78 is 0. The molecule has 0 unspecified atom stereocenters. The number of amides is 3. The SMILES string of the molecule is NC(=O)c1ccc(N2C(=O)C[C@H](Sc3cccc(N)c3)C2=O)cc1. The Hall–Kier alpha value is -2.80. The fraction of sp³-hybridized carbons (Fsp3) is 0.118. The molecule has 1 saturated heterocycles. The standard InChI is InChI=1S/C17H15N3O3S/c18-11-2-1-3-13(8-11)24-14-9-15(21)20(17(14)23)12-6-4-10(5-7-12)16(19)22/h1-8,14H,9,18H2,(H2,19,22)/t14-/m0/s1. The average molecular weight is 341 g/mol. The zero-order valence-electron chi connectivity index (χ0n) is 12.6. The van der Waals surface area contributed by atoms with Crippen LogP contribution in [0.2, 0.25) is 0 Å². The van der Waals surface area contributed by atoms with E-state index in [0.717, 1.165) is 9.80 Å². The molecule has 4 N–H and O–H groups in total. The molecule has 3 amide bonds. The fourth-order valence-electron chi connectivity index (χ4n) is 2.49. The molecule has 2 aromatic rings. The first-order valence-electron chi connectivity index (χ1n) is 7.24. The normalized spacial score (nSPS) is 17.3. The third-order valence-corrected chi connectivity index (χ3v) is 4.83. The van der Waals surface area contributed by atoms with E-state index in [1.807, 2.05) is 6.07 Å². The van der Waals surface area contributed by atoms with Gasteiger partial charge < -0.3 is 11.5 Å². The molecule has 1 aliphatic heterocycles. The van der Waals surface area contributed by atoms with Crippen LogP contribution in [0.25, 0.3) is 0 Å². The Morgan fingerprint density at radius 1 is 1.12 bits per heavy atom. The average Bonchev–Trinajstić information content (AvgIpc) is 2.81. The van der Waals surface area contributed by atoms with Crippen molar-refractivity contribution < 1.29 is 14.4 Å². The molecule has 6 nitrogen and oxygen atoms in total. The third-order valence-electron chi connectivity index (χ3n) is 3.65. The maximum atomic E-state index is 12.6. The molecule has 0 radical (unpaired) electrons. The number of nitrogens with two attached hydrogens (primary N) is 2. The van der Waals surface area contributed by atoms with Crippen molar-refractivity contribution in [3.8, 4) is 0 Å². The lowest BCUT2D eigenvalue weighted by Crippen LogP contribution is -2.31. The smallest absolute Gasteiger partial charge is 0.248 e. The van der Waals surface area contributed by atoms with Crippen LogP contribution in [0.15, 0.2) is 53.4 Å². The monoisotopic (exact) mass is 341 g/mol. The first-order chi connectivity index (χ1) is 11.5. The van der Waals surface area contributed by atoms with Gasteiger partial charge in [0.1, 0.15) is 0 Å². The van der Waals surface area contributed by atoms with Gasteiger partial charge in [0.2, 0.25) is 17.7 Å². The molecule has 122 valence electrons. The van der Waals surface area contributed by atoms with Crippen LogP contribution < -0.4 is 16.4 Å². The second-order valence-electron chi connectivity index (χ2n) is 5.36. The van der Waals surface area contributed by atoms with Crippen molar-refractivity contribution in [3.05, 3.63) is 54.1 Å². The summed E-state index contributed by atoms with van der Waals surface area (Å²) in [4.78, 5) is 37.9. The number of anilines is 2. The third kappa shape index (κ3) is 3.11. The topological polar surface area (TPSA) is 106 Å². The van der Waals surface area contributed by atoms with Crippen LogP contribution >= 0.6 is 11.8 Å². The van der Waals surface area contributed by atoms with Crippen molar-refractivity contribution in [3.63, 3.8) is 0 Å². The van der Waals surface area contributed by atoms with Gasteiger partial charge in [-0.1, -0.05) is 6.07 Å².